The molecule has 0 atom stereocenters. The Bertz CT molecular complexity index is 855. The van der Waals surface area contributed by atoms with Crippen LogP contribution in [0.1, 0.15) is 67.7 Å². The molecule has 146 valence electrons. The maximum absolute atomic E-state index is 14.7. The average Bonchev–Trinajstić information content (AvgIpc) is 2.73. The average molecular weight is 379 g/mol. The Hall–Kier alpha value is -2.40. The van der Waals surface area contributed by atoms with Crippen molar-refractivity contribution in [2.24, 2.45) is 11.8 Å². The van der Waals surface area contributed by atoms with E-state index in [1.807, 2.05) is 31.2 Å². The Kier molecular flexibility index (Phi) is 7.04. The zero-order valence-corrected chi connectivity index (χ0v) is 16.8. The number of benzene rings is 2. The summed E-state index contributed by atoms with van der Waals surface area (Å²) in [4.78, 5) is 0. The highest BCUT2D eigenvalue weighted by molar-refractivity contribution is 5.62. The fraction of sp³-hybridized carbons (Fsp3) is 0.385. The monoisotopic (exact) mass is 378 g/mol. The summed E-state index contributed by atoms with van der Waals surface area (Å²) in [5.74, 6) is 5.30. The minimum absolute atomic E-state index is 0.269. The molecule has 28 heavy (non-hydrogen) atoms. The van der Waals surface area contributed by atoms with Crippen molar-refractivity contribution in [3.8, 4) is 11.8 Å². The topological polar surface area (TPSA) is 0 Å². The zero-order chi connectivity index (χ0) is 19.9. The van der Waals surface area contributed by atoms with Gasteiger partial charge in [0.15, 0.2) is 5.83 Å². The standard InChI is InChI=1S/C26H28F2/c1-3-4-20-11-15-23(16-12-20)25(27)26(28)24-17-13-22(14-18-24)10-9-21-7-5-19(2)6-8-21/h5-8,13-14,17-18,20,23H,3-4,11-12,15-16H2,1-2H3. The maximum atomic E-state index is 14.7. The Balaban J connectivity index is 1.67. The number of hydrogen-bond acceptors (Lipinski definition) is 0. The molecule has 2 heteroatoms. The first kappa shape index (κ1) is 20.3. The SMILES string of the molecule is CCCC1CCC(C(F)=C(F)c2ccc(C#Cc3ccc(C)cc3)cc2)CC1. The molecule has 0 aromatic heterocycles. The smallest absolute Gasteiger partial charge is 0.162 e. The third kappa shape index (κ3) is 5.32. The molecule has 0 amide bonds. The van der Waals surface area contributed by atoms with Crippen molar-refractivity contribution in [1.29, 1.82) is 0 Å². The summed E-state index contributed by atoms with van der Waals surface area (Å²) in [6.45, 7) is 4.22. The fourth-order valence-electron chi connectivity index (χ4n) is 3.91. The molecule has 1 fully saturated rings. The van der Waals surface area contributed by atoms with Crippen LogP contribution in [-0.2, 0) is 0 Å². The van der Waals surface area contributed by atoms with Gasteiger partial charge in [0.05, 0.1) is 0 Å². The van der Waals surface area contributed by atoms with E-state index in [4.69, 9.17) is 0 Å². The molecule has 0 spiro atoms. The van der Waals surface area contributed by atoms with Crippen LogP contribution in [0.4, 0.5) is 8.78 Å². The third-order valence-corrected chi connectivity index (χ3v) is 5.65. The Morgan fingerprint density at radius 3 is 1.93 bits per heavy atom. The van der Waals surface area contributed by atoms with E-state index in [0.717, 1.165) is 36.8 Å². The van der Waals surface area contributed by atoms with Crippen molar-refractivity contribution >= 4 is 5.83 Å². The van der Waals surface area contributed by atoms with Crippen molar-refractivity contribution < 1.29 is 8.78 Å². The van der Waals surface area contributed by atoms with Crippen LogP contribution >= 0.6 is 0 Å². The van der Waals surface area contributed by atoms with Gasteiger partial charge in [-0.15, -0.1) is 0 Å². The van der Waals surface area contributed by atoms with Crippen LogP contribution < -0.4 is 0 Å². The van der Waals surface area contributed by atoms with E-state index in [1.54, 1.807) is 24.3 Å². The lowest BCUT2D eigenvalue weighted by atomic mass is 9.79. The van der Waals surface area contributed by atoms with Gasteiger partial charge in [0.1, 0.15) is 5.83 Å². The summed E-state index contributed by atoms with van der Waals surface area (Å²) in [6.07, 6.45) is 5.89. The van der Waals surface area contributed by atoms with Crippen LogP contribution in [0.5, 0.6) is 0 Å². The summed E-state index contributed by atoms with van der Waals surface area (Å²) in [7, 11) is 0. The van der Waals surface area contributed by atoms with Crippen LogP contribution in [0.15, 0.2) is 54.4 Å². The van der Waals surface area contributed by atoms with E-state index in [2.05, 4.69) is 18.8 Å². The van der Waals surface area contributed by atoms with E-state index in [-0.39, 0.29) is 5.92 Å². The largest absolute Gasteiger partial charge is 0.208 e. The summed E-state index contributed by atoms with van der Waals surface area (Å²) >= 11 is 0. The van der Waals surface area contributed by atoms with Gasteiger partial charge in [0.2, 0.25) is 0 Å². The minimum atomic E-state index is -0.711. The molecule has 0 N–H and O–H groups in total. The first-order valence-corrected chi connectivity index (χ1v) is 10.3. The first-order valence-electron chi connectivity index (χ1n) is 10.3. The molecule has 3 rings (SSSR count). The third-order valence-electron chi connectivity index (χ3n) is 5.65. The molecule has 2 aromatic carbocycles. The molecule has 0 heterocycles. The van der Waals surface area contributed by atoms with Gasteiger partial charge in [-0.1, -0.05) is 61.4 Å². The van der Waals surface area contributed by atoms with Crippen LogP contribution in [0.25, 0.3) is 5.83 Å². The Morgan fingerprint density at radius 1 is 0.857 bits per heavy atom. The zero-order valence-electron chi connectivity index (χ0n) is 16.8. The quantitative estimate of drug-likeness (QED) is 0.480. The number of rotatable bonds is 4. The van der Waals surface area contributed by atoms with Gasteiger partial charge in [-0.2, -0.15) is 0 Å². The highest BCUT2D eigenvalue weighted by atomic mass is 19.2. The highest BCUT2D eigenvalue weighted by Crippen LogP contribution is 2.38. The number of allylic oxidation sites excluding steroid dienone is 1. The van der Waals surface area contributed by atoms with Gasteiger partial charge in [-0.3, -0.25) is 0 Å². The maximum Gasteiger partial charge on any atom is 0.162 e. The van der Waals surface area contributed by atoms with Crippen molar-refractivity contribution in [2.75, 3.05) is 0 Å². The summed E-state index contributed by atoms with van der Waals surface area (Å²) in [5.41, 5.74) is 3.22. The van der Waals surface area contributed by atoms with E-state index in [9.17, 15) is 8.78 Å². The normalized spacial score (nSPS) is 20.1. The molecule has 0 bridgehead atoms. The number of hydrogen-bond donors (Lipinski definition) is 0. The highest BCUT2D eigenvalue weighted by Gasteiger charge is 2.26. The molecule has 0 nitrogen and oxygen atoms in total. The second-order valence-electron chi connectivity index (χ2n) is 7.86. The van der Waals surface area contributed by atoms with Gasteiger partial charge in [0, 0.05) is 22.6 Å². The first-order chi connectivity index (χ1) is 13.6. The molecule has 0 aliphatic heterocycles. The molecule has 0 saturated heterocycles. The van der Waals surface area contributed by atoms with Crippen LogP contribution in [0.3, 0.4) is 0 Å². The van der Waals surface area contributed by atoms with Crippen LogP contribution in [0.2, 0.25) is 0 Å². The van der Waals surface area contributed by atoms with Crippen molar-refractivity contribution in [3.05, 3.63) is 76.6 Å². The predicted octanol–water partition coefficient (Wildman–Crippen LogP) is 7.61. The summed E-state index contributed by atoms with van der Waals surface area (Å²) in [6, 6.07) is 14.7. The lowest BCUT2D eigenvalue weighted by molar-refractivity contribution is 0.261. The molecular formula is C26H28F2. The van der Waals surface area contributed by atoms with Crippen molar-refractivity contribution in [1.82, 2.24) is 0 Å². The summed E-state index contributed by atoms with van der Waals surface area (Å²) < 4.78 is 29.3. The minimum Gasteiger partial charge on any atom is -0.208 e. The van der Waals surface area contributed by atoms with Crippen LogP contribution in [0, 0.1) is 30.6 Å². The molecule has 1 aliphatic rings. The summed E-state index contributed by atoms with van der Waals surface area (Å²) in [5, 5.41) is 0. The van der Waals surface area contributed by atoms with E-state index < -0.39 is 11.7 Å². The predicted molar refractivity (Wildman–Crippen MR) is 113 cm³/mol. The molecule has 2 aromatic rings. The second-order valence-corrected chi connectivity index (χ2v) is 7.86. The van der Waals surface area contributed by atoms with Gasteiger partial charge >= 0.3 is 0 Å². The van der Waals surface area contributed by atoms with Gasteiger partial charge in [-0.05, 0) is 62.8 Å². The van der Waals surface area contributed by atoms with Gasteiger partial charge < -0.3 is 0 Å². The molecular weight excluding hydrogens is 350 g/mol. The van der Waals surface area contributed by atoms with Gasteiger partial charge in [0.25, 0.3) is 0 Å². The molecule has 0 unspecified atom stereocenters. The molecule has 1 saturated carbocycles. The molecule has 0 radical (unpaired) electrons. The van der Waals surface area contributed by atoms with E-state index >= 15 is 0 Å². The number of halogens is 2. The lowest BCUT2D eigenvalue weighted by Crippen LogP contribution is -2.15. The second kappa shape index (κ2) is 9.69. The van der Waals surface area contributed by atoms with E-state index in [0.29, 0.717) is 11.5 Å². The fourth-order valence-corrected chi connectivity index (χ4v) is 3.91. The lowest BCUT2D eigenvalue weighted by Gasteiger charge is -2.27. The van der Waals surface area contributed by atoms with Crippen molar-refractivity contribution in [3.63, 3.8) is 0 Å². The Labute approximate surface area is 167 Å². The molecule has 1 aliphatic carbocycles. The van der Waals surface area contributed by atoms with Crippen LogP contribution in [-0.4, -0.2) is 0 Å². The van der Waals surface area contributed by atoms with Gasteiger partial charge in [-0.25, -0.2) is 8.78 Å². The van der Waals surface area contributed by atoms with E-state index in [1.165, 1.54) is 18.4 Å². The number of aryl methyl sites for hydroxylation is 1. The van der Waals surface area contributed by atoms with Crippen molar-refractivity contribution in [2.45, 2.75) is 52.4 Å². The Morgan fingerprint density at radius 2 is 1.39 bits per heavy atom.